The van der Waals surface area contributed by atoms with Crippen LogP contribution in [-0.2, 0) is 0 Å². The molecule has 27 heavy (non-hydrogen) atoms. The van der Waals surface area contributed by atoms with E-state index in [-0.39, 0.29) is 6.79 Å². The molecule has 2 aromatic carbocycles. The third-order valence-electron chi connectivity index (χ3n) is 3.96. The average Bonchev–Trinajstić information content (AvgIpc) is 3.31. The van der Waals surface area contributed by atoms with Crippen molar-refractivity contribution in [2.75, 3.05) is 13.3 Å². The molecule has 6 heteroatoms. The van der Waals surface area contributed by atoms with Crippen molar-refractivity contribution in [3.8, 4) is 22.8 Å². The summed E-state index contributed by atoms with van der Waals surface area (Å²) in [6.45, 7) is 6.74. The number of benzene rings is 2. The van der Waals surface area contributed by atoms with Gasteiger partial charge in [-0.2, -0.15) is 5.10 Å². The van der Waals surface area contributed by atoms with Gasteiger partial charge in [-0.3, -0.25) is 4.99 Å². The third-order valence-corrected chi connectivity index (χ3v) is 4.81. The molecule has 2 heterocycles. The Morgan fingerprint density at radius 1 is 1.19 bits per heavy atom. The monoisotopic (exact) mass is 377 g/mol. The van der Waals surface area contributed by atoms with E-state index in [1.54, 1.807) is 17.6 Å². The molecule has 1 aliphatic heterocycles. The van der Waals surface area contributed by atoms with Crippen LogP contribution in [0.4, 0.5) is 0 Å². The standard InChI is InChI=1S/C21H19N3O2S/c1-15(2)11-22-21-24(18(13-27-21)17-6-4-3-5-7-17)23-12-16-8-9-19-20(10-16)26-14-25-19/h3-10,12-13H,1,11,14H2,2H3. The molecule has 0 saturated heterocycles. The molecule has 0 spiro atoms. The Kier molecular flexibility index (Phi) is 4.89. The molecule has 0 N–H and O–H groups in total. The molecule has 0 atom stereocenters. The van der Waals surface area contributed by atoms with E-state index in [1.165, 1.54) is 0 Å². The summed E-state index contributed by atoms with van der Waals surface area (Å²) in [4.78, 5) is 5.47. The molecule has 0 saturated carbocycles. The predicted molar refractivity (Wildman–Crippen MR) is 109 cm³/mol. The SMILES string of the molecule is C=C(C)CN=c1scc(-c2ccccc2)n1N=Cc1ccc2c(c1)OCO2. The number of hydrogen-bond acceptors (Lipinski definition) is 5. The van der Waals surface area contributed by atoms with Gasteiger partial charge >= 0.3 is 0 Å². The maximum atomic E-state index is 5.44. The lowest BCUT2D eigenvalue weighted by atomic mass is 10.2. The molecule has 3 aromatic rings. The third kappa shape index (κ3) is 3.85. The molecular weight excluding hydrogens is 358 g/mol. The van der Waals surface area contributed by atoms with Crippen molar-refractivity contribution in [1.29, 1.82) is 0 Å². The van der Waals surface area contributed by atoms with Gasteiger partial charge in [0.2, 0.25) is 11.6 Å². The minimum atomic E-state index is 0.261. The lowest BCUT2D eigenvalue weighted by molar-refractivity contribution is 0.174. The maximum Gasteiger partial charge on any atom is 0.231 e. The second-order valence-corrected chi connectivity index (χ2v) is 7.05. The molecule has 0 radical (unpaired) electrons. The molecule has 5 nitrogen and oxygen atoms in total. The van der Waals surface area contributed by atoms with Crippen LogP contribution < -0.4 is 14.3 Å². The lowest BCUT2D eigenvalue weighted by Gasteiger charge is -2.04. The Balaban J connectivity index is 1.74. The number of fused-ring (bicyclic) bond motifs is 1. The second-order valence-electron chi connectivity index (χ2n) is 6.21. The first-order chi connectivity index (χ1) is 13.2. The Hall–Kier alpha value is -3.12. The van der Waals surface area contributed by atoms with Crippen LogP contribution in [0.5, 0.6) is 11.5 Å². The summed E-state index contributed by atoms with van der Waals surface area (Å²) in [5.74, 6) is 1.50. The van der Waals surface area contributed by atoms with Gasteiger partial charge < -0.3 is 9.47 Å². The van der Waals surface area contributed by atoms with Crippen molar-refractivity contribution < 1.29 is 9.47 Å². The van der Waals surface area contributed by atoms with E-state index in [4.69, 9.17) is 14.6 Å². The van der Waals surface area contributed by atoms with Gasteiger partial charge in [0.1, 0.15) is 0 Å². The van der Waals surface area contributed by atoms with E-state index in [9.17, 15) is 0 Å². The highest BCUT2D eigenvalue weighted by atomic mass is 32.1. The van der Waals surface area contributed by atoms with Gasteiger partial charge in [0.05, 0.1) is 18.5 Å². The van der Waals surface area contributed by atoms with Crippen LogP contribution in [0.3, 0.4) is 0 Å². The van der Waals surface area contributed by atoms with Crippen molar-refractivity contribution >= 4 is 17.6 Å². The van der Waals surface area contributed by atoms with E-state index in [2.05, 4.69) is 29.1 Å². The quantitative estimate of drug-likeness (QED) is 0.491. The number of nitrogens with zero attached hydrogens (tertiary/aromatic N) is 3. The fourth-order valence-corrected chi connectivity index (χ4v) is 3.48. The first-order valence-electron chi connectivity index (χ1n) is 8.55. The van der Waals surface area contributed by atoms with Gasteiger partial charge in [0.25, 0.3) is 0 Å². The first-order valence-corrected chi connectivity index (χ1v) is 9.43. The summed E-state index contributed by atoms with van der Waals surface area (Å²) in [5, 5.41) is 6.77. The number of thiazole rings is 1. The molecule has 0 amide bonds. The zero-order valence-electron chi connectivity index (χ0n) is 15.0. The zero-order valence-corrected chi connectivity index (χ0v) is 15.8. The summed E-state index contributed by atoms with van der Waals surface area (Å²) in [7, 11) is 0. The van der Waals surface area contributed by atoms with Gasteiger partial charge in [-0.25, -0.2) is 4.68 Å². The smallest absolute Gasteiger partial charge is 0.231 e. The lowest BCUT2D eigenvalue weighted by Crippen LogP contribution is -2.13. The second kappa shape index (κ2) is 7.63. The molecule has 1 aromatic heterocycles. The van der Waals surface area contributed by atoms with Crippen molar-refractivity contribution in [3.63, 3.8) is 0 Å². The van der Waals surface area contributed by atoms with E-state index in [1.807, 2.05) is 48.0 Å². The molecule has 0 bridgehead atoms. The highest BCUT2D eigenvalue weighted by Crippen LogP contribution is 2.32. The Labute approximate surface area is 161 Å². The fourth-order valence-electron chi connectivity index (χ4n) is 2.65. The van der Waals surface area contributed by atoms with Crippen molar-refractivity contribution in [2.45, 2.75) is 6.92 Å². The maximum absolute atomic E-state index is 5.44. The van der Waals surface area contributed by atoms with Gasteiger partial charge in [-0.1, -0.05) is 42.5 Å². The van der Waals surface area contributed by atoms with Gasteiger partial charge in [-0.15, -0.1) is 11.3 Å². The Morgan fingerprint density at radius 3 is 2.81 bits per heavy atom. The molecule has 0 fully saturated rings. The minimum Gasteiger partial charge on any atom is -0.454 e. The molecule has 136 valence electrons. The van der Waals surface area contributed by atoms with Crippen LogP contribution in [0.25, 0.3) is 11.3 Å². The van der Waals surface area contributed by atoms with Crippen LogP contribution in [0.15, 0.2) is 76.2 Å². The summed E-state index contributed by atoms with van der Waals surface area (Å²) in [6.07, 6.45) is 1.81. The summed E-state index contributed by atoms with van der Waals surface area (Å²) >= 11 is 1.56. The molecular formula is C21H19N3O2S. The van der Waals surface area contributed by atoms with Crippen LogP contribution >= 0.6 is 11.3 Å². The predicted octanol–water partition coefficient (Wildman–Crippen LogP) is 4.30. The van der Waals surface area contributed by atoms with Crippen LogP contribution in [0.2, 0.25) is 0 Å². The minimum absolute atomic E-state index is 0.261. The van der Waals surface area contributed by atoms with Gasteiger partial charge in [-0.05, 0) is 30.7 Å². The fraction of sp³-hybridized carbons (Fsp3) is 0.143. The molecule has 1 aliphatic rings. The molecule has 0 aliphatic carbocycles. The average molecular weight is 377 g/mol. The summed E-state index contributed by atoms with van der Waals surface area (Å²) < 4.78 is 12.7. The van der Waals surface area contributed by atoms with Gasteiger partial charge in [0.15, 0.2) is 11.5 Å². The number of hydrogen-bond donors (Lipinski definition) is 0. The number of ether oxygens (including phenoxy) is 2. The Morgan fingerprint density at radius 2 is 2.00 bits per heavy atom. The van der Waals surface area contributed by atoms with Crippen molar-refractivity contribution in [1.82, 2.24) is 4.68 Å². The van der Waals surface area contributed by atoms with E-state index >= 15 is 0 Å². The Bertz CT molecular complexity index is 1060. The largest absolute Gasteiger partial charge is 0.454 e. The van der Waals surface area contributed by atoms with E-state index in [0.29, 0.717) is 6.54 Å². The van der Waals surface area contributed by atoms with Crippen LogP contribution in [-0.4, -0.2) is 24.2 Å². The number of rotatable bonds is 5. The molecule has 4 rings (SSSR count). The first kappa shape index (κ1) is 17.3. The van der Waals surface area contributed by atoms with Crippen molar-refractivity contribution in [3.05, 3.63) is 76.4 Å². The summed E-state index contributed by atoms with van der Waals surface area (Å²) in [5.41, 5.74) is 4.03. The van der Waals surface area contributed by atoms with E-state index < -0.39 is 0 Å². The zero-order chi connectivity index (χ0) is 18.6. The summed E-state index contributed by atoms with van der Waals surface area (Å²) in [6, 6.07) is 15.9. The topological polar surface area (TPSA) is 48.1 Å². The van der Waals surface area contributed by atoms with E-state index in [0.717, 1.165) is 38.7 Å². The van der Waals surface area contributed by atoms with Crippen LogP contribution in [0, 0.1) is 0 Å². The van der Waals surface area contributed by atoms with Crippen molar-refractivity contribution in [2.24, 2.45) is 10.1 Å². The highest BCUT2D eigenvalue weighted by Gasteiger charge is 2.13. The van der Waals surface area contributed by atoms with Crippen LogP contribution in [0.1, 0.15) is 12.5 Å². The normalized spacial score (nSPS) is 13.4. The molecule has 0 unspecified atom stereocenters. The number of aromatic nitrogens is 1. The van der Waals surface area contributed by atoms with Gasteiger partial charge in [0, 0.05) is 10.9 Å². The highest BCUT2D eigenvalue weighted by molar-refractivity contribution is 7.07.